The molecule has 4 fully saturated rings. The van der Waals surface area contributed by atoms with Gasteiger partial charge in [0.05, 0.1) is 0 Å². The Hall–Kier alpha value is 0.220. The maximum Gasteiger partial charge on any atom is 0.0208 e. The number of allylic oxidation sites excluding steroid dienone is 2. The van der Waals surface area contributed by atoms with Gasteiger partial charge in [-0.2, -0.15) is 0 Å². The van der Waals surface area contributed by atoms with Crippen molar-refractivity contribution in [3.8, 4) is 0 Å². The molecule has 4 saturated carbocycles. The molecule has 0 amide bonds. The Morgan fingerprint density at radius 1 is 1.13 bits per heavy atom. The smallest absolute Gasteiger partial charge is 0.0208 e. The quantitative estimate of drug-likeness (QED) is 0.463. The van der Waals surface area contributed by atoms with Gasteiger partial charge in [-0.05, 0) is 66.6 Å². The number of fused-ring (bicyclic) bond motifs is 5. The second kappa shape index (κ2) is 2.25. The molecule has 8 unspecified atom stereocenters. The predicted molar refractivity (Wildman–Crippen MR) is 63.7 cm³/mol. The Morgan fingerprint density at radius 3 is 3.00 bits per heavy atom. The van der Waals surface area contributed by atoms with Gasteiger partial charge in [0.15, 0.2) is 0 Å². The first-order valence-electron chi connectivity index (χ1n) is 6.65. The van der Waals surface area contributed by atoms with Crippen LogP contribution in [0.15, 0.2) is 12.2 Å². The standard InChI is InChI=1S/C14H17Br/c15-13-9-3-4-14-8-2-1-7(5-8)12(14)10(13)6-11(9)14/h1-2,7-13H,3-6H2. The lowest BCUT2D eigenvalue weighted by atomic mass is 9.62. The van der Waals surface area contributed by atoms with E-state index in [0.717, 1.165) is 45.7 Å². The van der Waals surface area contributed by atoms with Crippen LogP contribution in [0.2, 0.25) is 0 Å². The van der Waals surface area contributed by atoms with Crippen molar-refractivity contribution in [1.29, 1.82) is 0 Å². The van der Waals surface area contributed by atoms with E-state index in [4.69, 9.17) is 0 Å². The molecule has 8 atom stereocenters. The monoisotopic (exact) mass is 264 g/mol. The molecular weight excluding hydrogens is 248 g/mol. The van der Waals surface area contributed by atoms with Gasteiger partial charge in [0, 0.05) is 4.83 Å². The Bertz CT molecular complexity index is 374. The van der Waals surface area contributed by atoms with Crippen LogP contribution in [0.25, 0.3) is 0 Å². The Kier molecular flexibility index (Phi) is 1.25. The van der Waals surface area contributed by atoms with Gasteiger partial charge in [-0.3, -0.25) is 0 Å². The van der Waals surface area contributed by atoms with Gasteiger partial charge in [0.2, 0.25) is 0 Å². The summed E-state index contributed by atoms with van der Waals surface area (Å²) < 4.78 is 0. The van der Waals surface area contributed by atoms with Crippen molar-refractivity contribution in [3.63, 3.8) is 0 Å². The summed E-state index contributed by atoms with van der Waals surface area (Å²) in [5, 5.41) is 0. The van der Waals surface area contributed by atoms with Gasteiger partial charge < -0.3 is 0 Å². The molecule has 4 bridgehead atoms. The number of alkyl halides is 1. The van der Waals surface area contributed by atoms with Crippen molar-refractivity contribution in [3.05, 3.63) is 12.2 Å². The van der Waals surface area contributed by atoms with E-state index in [1.54, 1.807) is 12.8 Å². The minimum absolute atomic E-state index is 0.818. The van der Waals surface area contributed by atoms with Gasteiger partial charge in [-0.25, -0.2) is 0 Å². The van der Waals surface area contributed by atoms with E-state index in [2.05, 4.69) is 28.1 Å². The first-order valence-corrected chi connectivity index (χ1v) is 7.56. The van der Waals surface area contributed by atoms with Crippen LogP contribution in [-0.2, 0) is 0 Å². The Morgan fingerprint density at radius 2 is 2.07 bits per heavy atom. The summed E-state index contributed by atoms with van der Waals surface area (Å²) in [6, 6.07) is 0. The molecule has 0 nitrogen and oxygen atoms in total. The van der Waals surface area contributed by atoms with E-state index >= 15 is 0 Å². The molecular formula is C14H17Br. The van der Waals surface area contributed by atoms with Gasteiger partial charge >= 0.3 is 0 Å². The van der Waals surface area contributed by atoms with Crippen molar-refractivity contribution in [1.82, 2.24) is 0 Å². The fourth-order valence-corrected chi connectivity index (χ4v) is 7.87. The third-order valence-corrected chi connectivity index (χ3v) is 8.17. The summed E-state index contributed by atoms with van der Waals surface area (Å²) in [6.45, 7) is 0. The van der Waals surface area contributed by atoms with Gasteiger partial charge in [0.25, 0.3) is 0 Å². The van der Waals surface area contributed by atoms with Crippen molar-refractivity contribution >= 4 is 15.9 Å². The molecule has 1 spiro atoms. The number of halogens is 1. The summed E-state index contributed by atoms with van der Waals surface area (Å²) in [7, 11) is 0. The van der Waals surface area contributed by atoms with E-state index in [9.17, 15) is 0 Å². The molecule has 0 aromatic rings. The van der Waals surface area contributed by atoms with Crippen LogP contribution in [0, 0.1) is 40.9 Å². The molecule has 0 heterocycles. The lowest BCUT2D eigenvalue weighted by Crippen LogP contribution is -2.41. The van der Waals surface area contributed by atoms with Crippen LogP contribution in [0.1, 0.15) is 25.7 Å². The van der Waals surface area contributed by atoms with E-state index in [1.165, 1.54) is 12.8 Å². The van der Waals surface area contributed by atoms with Crippen LogP contribution >= 0.6 is 15.9 Å². The highest BCUT2D eigenvalue weighted by molar-refractivity contribution is 9.09. The lowest BCUT2D eigenvalue weighted by molar-refractivity contribution is 0.0869. The first kappa shape index (κ1) is 8.33. The first-order chi connectivity index (χ1) is 7.32. The van der Waals surface area contributed by atoms with E-state index < -0.39 is 0 Å². The van der Waals surface area contributed by atoms with Crippen molar-refractivity contribution in [2.24, 2.45) is 40.9 Å². The van der Waals surface area contributed by atoms with Gasteiger partial charge in [0.1, 0.15) is 0 Å². The minimum Gasteiger partial charge on any atom is -0.0884 e. The molecule has 1 heteroatoms. The number of hydrogen-bond acceptors (Lipinski definition) is 0. The summed E-state index contributed by atoms with van der Waals surface area (Å²) in [5.41, 5.74) is 0.818. The average Bonchev–Trinajstić information content (AvgIpc) is 2.93. The fourth-order valence-electron chi connectivity index (χ4n) is 6.69. The SMILES string of the molecule is BrC1C2CCC34C5C=CC(C5)C3C1CC24. The van der Waals surface area contributed by atoms with Gasteiger partial charge in [-0.1, -0.05) is 28.1 Å². The Labute approximate surface area is 99.6 Å². The highest BCUT2D eigenvalue weighted by Gasteiger charge is 2.74. The molecule has 0 aromatic carbocycles. The zero-order valence-electron chi connectivity index (χ0n) is 8.90. The van der Waals surface area contributed by atoms with E-state index in [-0.39, 0.29) is 0 Å². The second-order valence-electron chi connectivity index (χ2n) is 6.68. The van der Waals surface area contributed by atoms with Gasteiger partial charge in [-0.15, -0.1) is 0 Å². The van der Waals surface area contributed by atoms with E-state index in [0.29, 0.717) is 0 Å². The van der Waals surface area contributed by atoms with Crippen LogP contribution in [0.4, 0.5) is 0 Å². The summed E-state index contributed by atoms with van der Waals surface area (Å²) in [4.78, 5) is 0.885. The summed E-state index contributed by atoms with van der Waals surface area (Å²) in [5.74, 6) is 6.26. The summed E-state index contributed by atoms with van der Waals surface area (Å²) >= 11 is 4.03. The summed E-state index contributed by atoms with van der Waals surface area (Å²) in [6.07, 6.45) is 11.3. The molecule has 0 radical (unpaired) electrons. The second-order valence-corrected chi connectivity index (χ2v) is 7.74. The molecule has 15 heavy (non-hydrogen) atoms. The average molecular weight is 265 g/mol. The maximum absolute atomic E-state index is 4.03. The normalized spacial score (nSPS) is 71.9. The minimum atomic E-state index is 0.818. The Balaban J connectivity index is 1.76. The van der Waals surface area contributed by atoms with Crippen LogP contribution < -0.4 is 0 Å². The van der Waals surface area contributed by atoms with Crippen LogP contribution in [0.5, 0.6) is 0 Å². The lowest BCUT2D eigenvalue weighted by Gasteiger charge is -2.43. The molecule has 5 aliphatic carbocycles. The molecule has 0 N–H and O–H groups in total. The highest BCUT2D eigenvalue weighted by Crippen LogP contribution is 2.79. The van der Waals surface area contributed by atoms with Crippen molar-refractivity contribution in [2.45, 2.75) is 30.5 Å². The predicted octanol–water partition coefficient (Wildman–Crippen LogP) is 3.62. The third-order valence-electron chi connectivity index (χ3n) is 6.81. The largest absolute Gasteiger partial charge is 0.0884 e. The molecule has 5 rings (SSSR count). The molecule has 5 aliphatic rings. The number of hydrogen-bond donors (Lipinski definition) is 0. The maximum atomic E-state index is 4.03. The molecule has 80 valence electrons. The topological polar surface area (TPSA) is 0 Å². The van der Waals surface area contributed by atoms with Crippen molar-refractivity contribution < 1.29 is 0 Å². The highest BCUT2D eigenvalue weighted by atomic mass is 79.9. The van der Waals surface area contributed by atoms with Crippen molar-refractivity contribution in [2.75, 3.05) is 0 Å². The molecule has 0 aliphatic heterocycles. The third kappa shape index (κ3) is 0.649. The molecule has 0 saturated heterocycles. The van der Waals surface area contributed by atoms with Crippen LogP contribution in [-0.4, -0.2) is 4.83 Å². The number of rotatable bonds is 0. The van der Waals surface area contributed by atoms with Crippen LogP contribution in [0.3, 0.4) is 0 Å². The zero-order chi connectivity index (χ0) is 9.78. The zero-order valence-corrected chi connectivity index (χ0v) is 10.5. The fraction of sp³-hybridized carbons (Fsp3) is 0.857. The molecule has 0 aromatic heterocycles. The van der Waals surface area contributed by atoms with E-state index in [1.807, 2.05) is 0 Å².